The number of imide groups is 1. The number of fused-ring (bicyclic) bond motifs is 3. The molecule has 0 fully saturated rings. The van der Waals surface area contributed by atoms with Crippen LogP contribution in [0.2, 0.25) is 0 Å². The number of carbonyl (C=O) groups excluding carboxylic acids is 3. The molecule has 4 aromatic rings. The van der Waals surface area contributed by atoms with Crippen LogP contribution in [0, 0.1) is 5.92 Å². The van der Waals surface area contributed by atoms with Gasteiger partial charge >= 0.3 is 5.97 Å². The number of esters is 1. The second-order valence-corrected chi connectivity index (χ2v) is 10.2. The van der Waals surface area contributed by atoms with Crippen LogP contribution in [-0.4, -0.2) is 47.9 Å². The van der Waals surface area contributed by atoms with Gasteiger partial charge in [-0.2, -0.15) is 0 Å². The SMILES string of the molecule is COc1ccc(/C=C2\CC(C)Cc3c2nc2ccccc2c3C(=O)OCCN2C(=O)c3ccccc3C2=O)cc1. The van der Waals surface area contributed by atoms with Gasteiger partial charge in [0.1, 0.15) is 12.4 Å². The Morgan fingerprint density at radius 1 is 0.950 bits per heavy atom. The van der Waals surface area contributed by atoms with Gasteiger partial charge in [-0.3, -0.25) is 14.5 Å². The van der Waals surface area contributed by atoms with E-state index >= 15 is 0 Å². The molecule has 200 valence electrons. The Morgan fingerprint density at radius 3 is 2.33 bits per heavy atom. The Labute approximate surface area is 232 Å². The summed E-state index contributed by atoms with van der Waals surface area (Å²) in [5.41, 5.74) is 5.71. The van der Waals surface area contributed by atoms with Gasteiger partial charge < -0.3 is 9.47 Å². The molecule has 40 heavy (non-hydrogen) atoms. The smallest absolute Gasteiger partial charge is 0.339 e. The van der Waals surface area contributed by atoms with Gasteiger partial charge in [0, 0.05) is 5.39 Å². The van der Waals surface area contributed by atoms with Crippen molar-refractivity contribution in [3.05, 3.63) is 106 Å². The van der Waals surface area contributed by atoms with Crippen LogP contribution in [0.25, 0.3) is 22.6 Å². The molecule has 3 aromatic carbocycles. The van der Waals surface area contributed by atoms with Crippen LogP contribution < -0.4 is 4.74 Å². The Balaban J connectivity index is 1.31. The molecular formula is C33H28N2O5. The van der Waals surface area contributed by atoms with Crippen LogP contribution in [0.1, 0.15) is 61.2 Å². The number of methoxy groups -OCH3 is 1. The molecule has 1 unspecified atom stereocenters. The third kappa shape index (κ3) is 4.53. The summed E-state index contributed by atoms with van der Waals surface area (Å²) in [4.78, 5) is 45.2. The van der Waals surface area contributed by atoms with Crippen LogP contribution >= 0.6 is 0 Å². The van der Waals surface area contributed by atoms with Gasteiger partial charge in [-0.1, -0.05) is 49.4 Å². The molecule has 7 heteroatoms. The van der Waals surface area contributed by atoms with E-state index in [0.717, 1.165) is 44.9 Å². The van der Waals surface area contributed by atoms with Gasteiger partial charge in [0.25, 0.3) is 11.8 Å². The fourth-order valence-electron chi connectivity index (χ4n) is 5.61. The van der Waals surface area contributed by atoms with Crippen molar-refractivity contribution < 1.29 is 23.9 Å². The molecule has 2 amide bonds. The minimum absolute atomic E-state index is 0.0116. The Morgan fingerprint density at radius 2 is 1.62 bits per heavy atom. The van der Waals surface area contributed by atoms with E-state index in [1.807, 2.05) is 48.5 Å². The van der Waals surface area contributed by atoms with Crippen LogP contribution in [0.4, 0.5) is 0 Å². The molecule has 0 radical (unpaired) electrons. The lowest BCUT2D eigenvalue weighted by atomic mass is 9.80. The largest absolute Gasteiger partial charge is 0.497 e. The summed E-state index contributed by atoms with van der Waals surface area (Å²) in [6.45, 7) is 2.06. The first-order valence-corrected chi connectivity index (χ1v) is 13.3. The molecule has 2 heterocycles. The van der Waals surface area contributed by atoms with Crippen molar-refractivity contribution >= 4 is 40.3 Å². The normalized spacial score (nSPS) is 17.2. The van der Waals surface area contributed by atoms with Gasteiger partial charge in [0.15, 0.2) is 0 Å². The van der Waals surface area contributed by atoms with E-state index in [1.165, 1.54) is 0 Å². The molecule has 7 nitrogen and oxygen atoms in total. The molecule has 1 aromatic heterocycles. The lowest BCUT2D eigenvalue weighted by molar-refractivity contribution is 0.0421. The molecule has 2 aliphatic rings. The van der Waals surface area contributed by atoms with Crippen molar-refractivity contribution in [1.29, 1.82) is 0 Å². The van der Waals surface area contributed by atoms with E-state index in [-0.39, 0.29) is 25.0 Å². The number of aromatic nitrogens is 1. The number of hydrogen-bond acceptors (Lipinski definition) is 6. The molecule has 0 N–H and O–H groups in total. The predicted molar refractivity (Wildman–Crippen MR) is 152 cm³/mol. The molecule has 6 rings (SSSR count). The standard InChI is InChI=1S/C33H28N2O5/c1-20-17-22(19-21-11-13-23(39-2)14-12-21)30-27(18-20)29(26-9-5-6-10-28(26)34-30)33(38)40-16-15-35-31(36)24-7-3-4-8-25(24)32(35)37/h3-14,19-20H,15-18H2,1-2H3/b22-19+. The molecule has 0 bridgehead atoms. The van der Waals surface area contributed by atoms with Gasteiger partial charge in [-0.15, -0.1) is 0 Å². The van der Waals surface area contributed by atoms with E-state index in [9.17, 15) is 14.4 Å². The summed E-state index contributed by atoms with van der Waals surface area (Å²) in [5, 5.41) is 0.727. The predicted octanol–water partition coefficient (Wildman–Crippen LogP) is 5.82. The van der Waals surface area contributed by atoms with E-state index < -0.39 is 5.97 Å². The zero-order valence-corrected chi connectivity index (χ0v) is 22.3. The van der Waals surface area contributed by atoms with E-state index in [0.29, 0.717) is 34.5 Å². The summed E-state index contributed by atoms with van der Waals surface area (Å²) < 4.78 is 11.0. The van der Waals surface area contributed by atoms with E-state index in [2.05, 4.69) is 13.0 Å². The maximum Gasteiger partial charge on any atom is 0.339 e. The quantitative estimate of drug-likeness (QED) is 0.230. The van der Waals surface area contributed by atoms with Gasteiger partial charge in [-0.05, 0) is 71.9 Å². The third-order valence-corrected chi connectivity index (χ3v) is 7.51. The molecule has 0 saturated heterocycles. The number of hydrogen-bond donors (Lipinski definition) is 0. The lowest BCUT2D eigenvalue weighted by Crippen LogP contribution is -2.33. The summed E-state index contributed by atoms with van der Waals surface area (Å²) in [7, 11) is 1.64. The van der Waals surface area contributed by atoms with Crippen molar-refractivity contribution in [2.45, 2.75) is 19.8 Å². The number of allylic oxidation sites excluding steroid dienone is 1. The van der Waals surface area contributed by atoms with Crippen LogP contribution in [-0.2, 0) is 11.2 Å². The average Bonchev–Trinajstić information content (AvgIpc) is 3.21. The molecule has 0 saturated carbocycles. The molecular weight excluding hydrogens is 504 g/mol. The number of carbonyl (C=O) groups is 3. The summed E-state index contributed by atoms with van der Waals surface area (Å²) in [5.74, 6) is -0.139. The zero-order chi connectivity index (χ0) is 27.8. The first-order chi connectivity index (χ1) is 19.4. The van der Waals surface area contributed by atoms with E-state index in [1.54, 1.807) is 31.4 Å². The van der Waals surface area contributed by atoms with Crippen LogP contribution in [0.3, 0.4) is 0 Å². The van der Waals surface area contributed by atoms with Crippen molar-refractivity contribution in [3.8, 4) is 5.75 Å². The lowest BCUT2D eigenvalue weighted by Gasteiger charge is -2.26. The van der Waals surface area contributed by atoms with Crippen LogP contribution in [0.15, 0.2) is 72.8 Å². The van der Waals surface area contributed by atoms with Gasteiger partial charge in [-0.25, -0.2) is 9.78 Å². The average molecular weight is 533 g/mol. The molecule has 1 aliphatic heterocycles. The van der Waals surface area contributed by atoms with Crippen molar-refractivity contribution in [2.24, 2.45) is 5.92 Å². The third-order valence-electron chi connectivity index (χ3n) is 7.51. The molecule has 1 atom stereocenters. The first-order valence-electron chi connectivity index (χ1n) is 13.3. The van der Waals surface area contributed by atoms with Crippen molar-refractivity contribution in [1.82, 2.24) is 9.88 Å². The fraction of sp³-hybridized carbons (Fsp3) is 0.212. The second kappa shape index (κ2) is 10.4. The fourth-order valence-corrected chi connectivity index (χ4v) is 5.61. The number of nitrogens with zero attached hydrogens (tertiary/aromatic N) is 2. The van der Waals surface area contributed by atoms with Crippen molar-refractivity contribution in [3.63, 3.8) is 0 Å². The highest BCUT2D eigenvalue weighted by Crippen LogP contribution is 2.39. The Bertz CT molecular complexity index is 1650. The first kappa shape index (κ1) is 25.5. The van der Waals surface area contributed by atoms with Crippen molar-refractivity contribution in [2.75, 3.05) is 20.3 Å². The highest BCUT2D eigenvalue weighted by atomic mass is 16.5. The van der Waals surface area contributed by atoms with Crippen LogP contribution in [0.5, 0.6) is 5.75 Å². The summed E-state index contributed by atoms with van der Waals surface area (Å²) in [6.07, 6.45) is 3.64. The number of rotatable bonds is 6. The second-order valence-electron chi connectivity index (χ2n) is 10.2. The van der Waals surface area contributed by atoms with Gasteiger partial charge in [0.2, 0.25) is 0 Å². The molecule has 0 spiro atoms. The molecule has 1 aliphatic carbocycles. The number of amides is 2. The van der Waals surface area contributed by atoms with E-state index in [4.69, 9.17) is 14.5 Å². The zero-order valence-electron chi connectivity index (χ0n) is 22.3. The summed E-state index contributed by atoms with van der Waals surface area (Å²) in [6, 6.07) is 22.1. The number of ether oxygens (including phenoxy) is 2. The summed E-state index contributed by atoms with van der Waals surface area (Å²) >= 11 is 0. The highest BCUT2D eigenvalue weighted by molar-refractivity contribution is 6.21. The maximum absolute atomic E-state index is 13.7. The Kier molecular flexibility index (Phi) is 6.64. The highest BCUT2D eigenvalue weighted by Gasteiger charge is 2.35. The minimum Gasteiger partial charge on any atom is -0.497 e. The van der Waals surface area contributed by atoms with Gasteiger partial charge in [0.05, 0.1) is 41.6 Å². The number of benzene rings is 3. The number of pyridine rings is 1. The number of para-hydroxylation sites is 1. The monoisotopic (exact) mass is 532 g/mol. The Hall–Kier alpha value is -4.78. The minimum atomic E-state index is -0.482. The maximum atomic E-state index is 13.7. The topological polar surface area (TPSA) is 85.8 Å².